The average Bonchev–Trinajstić information content (AvgIpc) is 3.57. The molecule has 0 radical (unpaired) electrons. The minimum atomic E-state index is -0.485. The van der Waals surface area contributed by atoms with Crippen molar-refractivity contribution in [3.63, 3.8) is 0 Å². The van der Waals surface area contributed by atoms with E-state index >= 15 is 0 Å². The molecule has 7 aromatic carbocycles. The standard InChI is InChI=1S/C42H27NO/c1-26-18-21-28(22-19-26)43-37-25-24-36-41(39(37)32-23-20-27-10-2-3-11-29(27)40(32)43)44-38-17-9-8-16-35(38)42(36)33-14-6-4-12-30(33)31-13-5-7-15-34(31)42/h2-25H,1H3. The van der Waals surface area contributed by atoms with E-state index in [0.717, 1.165) is 28.1 Å². The zero-order valence-electron chi connectivity index (χ0n) is 24.2. The van der Waals surface area contributed by atoms with Gasteiger partial charge >= 0.3 is 0 Å². The number of aryl methyl sites for hydroxylation is 1. The lowest BCUT2D eigenvalue weighted by Gasteiger charge is -2.39. The van der Waals surface area contributed by atoms with Crippen molar-refractivity contribution < 1.29 is 4.74 Å². The highest BCUT2D eigenvalue weighted by Gasteiger charge is 2.51. The zero-order valence-corrected chi connectivity index (χ0v) is 24.2. The summed E-state index contributed by atoms with van der Waals surface area (Å²) in [5.41, 5.74) is 11.8. The van der Waals surface area contributed by atoms with Crippen LogP contribution in [0.4, 0.5) is 0 Å². The Morgan fingerprint density at radius 2 is 1.18 bits per heavy atom. The van der Waals surface area contributed by atoms with E-state index in [1.807, 2.05) is 0 Å². The first-order valence-electron chi connectivity index (χ1n) is 15.3. The highest BCUT2D eigenvalue weighted by molar-refractivity contribution is 6.21. The minimum absolute atomic E-state index is 0.485. The lowest BCUT2D eigenvalue weighted by Crippen LogP contribution is -2.32. The van der Waals surface area contributed by atoms with Crippen LogP contribution in [0.1, 0.15) is 27.8 Å². The number of ether oxygens (including phenoxy) is 1. The monoisotopic (exact) mass is 561 g/mol. The largest absolute Gasteiger partial charge is 0.456 e. The van der Waals surface area contributed by atoms with Gasteiger partial charge in [-0.25, -0.2) is 0 Å². The molecular weight excluding hydrogens is 534 g/mol. The van der Waals surface area contributed by atoms with E-state index in [1.54, 1.807) is 0 Å². The number of hydrogen-bond donors (Lipinski definition) is 0. The second-order valence-corrected chi connectivity index (χ2v) is 12.1. The topological polar surface area (TPSA) is 14.2 Å². The maximum atomic E-state index is 7.08. The molecular formula is C42H27NO. The molecule has 1 spiro atoms. The Bertz CT molecular complexity index is 2430. The van der Waals surface area contributed by atoms with Gasteiger partial charge in [0.05, 0.1) is 21.8 Å². The first-order valence-corrected chi connectivity index (χ1v) is 15.3. The summed E-state index contributed by atoms with van der Waals surface area (Å²) in [7, 11) is 0. The molecule has 44 heavy (non-hydrogen) atoms. The molecule has 2 aliphatic rings. The summed E-state index contributed by atoms with van der Waals surface area (Å²) in [6, 6.07) is 53.2. The molecule has 8 aromatic rings. The molecule has 0 unspecified atom stereocenters. The van der Waals surface area contributed by atoms with Crippen LogP contribution in [0.2, 0.25) is 0 Å². The fourth-order valence-electron chi connectivity index (χ4n) is 8.14. The third-order valence-corrected chi connectivity index (χ3v) is 9.92. The van der Waals surface area contributed by atoms with Crippen molar-refractivity contribution in [1.29, 1.82) is 0 Å². The lowest BCUT2D eigenvalue weighted by atomic mass is 9.66. The van der Waals surface area contributed by atoms with Crippen LogP contribution in [0.3, 0.4) is 0 Å². The van der Waals surface area contributed by atoms with Gasteiger partial charge in [0.15, 0.2) is 0 Å². The van der Waals surface area contributed by atoms with Crippen LogP contribution in [0.25, 0.3) is 49.4 Å². The van der Waals surface area contributed by atoms with Gasteiger partial charge in [0.2, 0.25) is 0 Å². The van der Waals surface area contributed by atoms with Gasteiger partial charge in [-0.15, -0.1) is 0 Å². The summed E-state index contributed by atoms with van der Waals surface area (Å²) in [6.45, 7) is 2.14. The lowest BCUT2D eigenvalue weighted by molar-refractivity contribution is 0.442. The Labute approximate surface area is 255 Å². The van der Waals surface area contributed by atoms with E-state index in [0.29, 0.717) is 0 Å². The fraction of sp³-hybridized carbons (Fsp3) is 0.0476. The molecule has 0 saturated heterocycles. The Hall–Kier alpha value is -5.60. The van der Waals surface area contributed by atoms with Crippen molar-refractivity contribution in [2.75, 3.05) is 0 Å². The third kappa shape index (κ3) is 2.86. The van der Waals surface area contributed by atoms with Gasteiger partial charge in [-0.3, -0.25) is 0 Å². The van der Waals surface area contributed by atoms with Crippen molar-refractivity contribution in [2.24, 2.45) is 0 Å². The first-order chi connectivity index (χ1) is 21.7. The molecule has 0 saturated carbocycles. The predicted molar refractivity (Wildman–Crippen MR) is 180 cm³/mol. The van der Waals surface area contributed by atoms with Crippen LogP contribution in [-0.4, -0.2) is 4.57 Å². The summed E-state index contributed by atoms with van der Waals surface area (Å²) < 4.78 is 9.51. The van der Waals surface area contributed by atoms with Gasteiger partial charge in [-0.2, -0.15) is 0 Å². The van der Waals surface area contributed by atoms with Gasteiger partial charge < -0.3 is 9.30 Å². The number of hydrogen-bond acceptors (Lipinski definition) is 1. The number of fused-ring (bicyclic) bond motifs is 15. The SMILES string of the molecule is Cc1ccc(-n2c3ccc4c(c3c3ccc5ccccc5c32)Oc2ccccc2C42c3ccccc3-c3ccccc32)cc1. The summed E-state index contributed by atoms with van der Waals surface area (Å²) >= 11 is 0. The maximum Gasteiger partial charge on any atom is 0.142 e. The number of benzene rings is 7. The van der Waals surface area contributed by atoms with E-state index in [9.17, 15) is 0 Å². The van der Waals surface area contributed by atoms with Crippen LogP contribution in [0, 0.1) is 6.92 Å². The molecule has 0 bridgehead atoms. The average molecular weight is 562 g/mol. The highest BCUT2D eigenvalue weighted by Crippen LogP contribution is 2.63. The van der Waals surface area contributed by atoms with Crippen molar-refractivity contribution >= 4 is 32.6 Å². The van der Waals surface area contributed by atoms with Gasteiger partial charge in [-0.1, -0.05) is 127 Å². The number of para-hydroxylation sites is 1. The molecule has 0 fully saturated rings. The van der Waals surface area contributed by atoms with Gasteiger partial charge in [0, 0.05) is 27.6 Å². The molecule has 2 nitrogen and oxygen atoms in total. The molecule has 2 heteroatoms. The van der Waals surface area contributed by atoms with Crippen molar-refractivity contribution in [2.45, 2.75) is 12.3 Å². The van der Waals surface area contributed by atoms with Crippen molar-refractivity contribution in [3.8, 4) is 28.3 Å². The quantitative estimate of drug-likeness (QED) is 0.194. The van der Waals surface area contributed by atoms with E-state index in [2.05, 4.69) is 157 Å². The molecule has 1 aromatic heterocycles. The fourth-order valence-corrected chi connectivity index (χ4v) is 8.14. The molecule has 1 aliphatic heterocycles. The van der Waals surface area contributed by atoms with Crippen molar-refractivity contribution in [3.05, 3.63) is 173 Å². The summed E-state index contributed by atoms with van der Waals surface area (Å²) in [6.07, 6.45) is 0. The second kappa shape index (κ2) is 8.49. The summed E-state index contributed by atoms with van der Waals surface area (Å²) in [5, 5.41) is 4.81. The Morgan fingerprint density at radius 3 is 1.95 bits per heavy atom. The summed E-state index contributed by atoms with van der Waals surface area (Å²) in [5.74, 6) is 1.86. The smallest absolute Gasteiger partial charge is 0.142 e. The van der Waals surface area contributed by atoms with E-state index in [4.69, 9.17) is 4.74 Å². The van der Waals surface area contributed by atoms with Crippen molar-refractivity contribution in [1.82, 2.24) is 4.57 Å². The van der Waals surface area contributed by atoms with Gasteiger partial charge in [0.1, 0.15) is 11.5 Å². The molecule has 0 amide bonds. The highest BCUT2D eigenvalue weighted by atomic mass is 16.5. The van der Waals surface area contributed by atoms with Crippen LogP contribution >= 0.6 is 0 Å². The van der Waals surface area contributed by atoms with E-state index in [1.165, 1.54) is 60.6 Å². The van der Waals surface area contributed by atoms with Crippen LogP contribution in [-0.2, 0) is 5.41 Å². The molecule has 206 valence electrons. The van der Waals surface area contributed by atoms with Crippen LogP contribution in [0.15, 0.2) is 146 Å². The Morgan fingerprint density at radius 1 is 0.523 bits per heavy atom. The Balaban J connectivity index is 1.42. The first kappa shape index (κ1) is 23.9. The molecule has 1 aliphatic carbocycles. The third-order valence-electron chi connectivity index (χ3n) is 9.92. The van der Waals surface area contributed by atoms with Gasteiger partial charge in [0.25, 0.3) is 0 Å². The molecule has 0 N–H and O–H groups in total. The second-order valence-electron chi connectivity index (χ2n) is 12.1. The normalized spacial score (nSPS) is 13.9. The Kier molecular flexibility index (Phi) is 4.61. The van der Waals surface area contributed by atoms with Crippen LogP contribution < -0.4 is 4.74 Å². The number of rotatable bonds is 1. The minimum Gasteiger partial charge on any atom is -0.456 e. The zero-order chi connectivity index (χ0) is 29.0. The summed E-state index contributed by atoms with van der Waals surface area (Å²) in [4.78, 5) is 0. The molecule has 10 rings (SSSR count). The number of nitrogens with zero attached hydrogens (tertiary/aromatic N) is 1. The molecule has 2 heterocycles. The predicted octanol–water partition coefficient (Wildman–Crippen LogP) is 10.7. The molecule has 0 atom stereocenters. The number of aromatic nitrogens is 1. The van der Waals surface area contributed by atoms with E-state index < -0.39 is 5.41 Å². The van der Waals surface area contributed by atoms with Gasteiger partial charge in [-0.05, 0) is 58.8 Å². The van der Waals surface area contributed by atoms with Crippen LogP contribution in [0.5, 0.6) is 11.5 Å². The maximum absolute atomic E-state index is 7.08. The van der Waals surface area contributed by atoms with E-state index in [-0.39, 0.29) is 0 Å².